The third kappa shape index (κ3) is 4.89. The largest absolute Gasteiger partial charge is 0.381 e. The van der Waals surface area contributed by atoms with Gasteiger partial charge in [-0.3, -0.25) is 9.78 Å². The number of amides is 1. The molecule has 0 spiro atoms. The van der Waals surface area contributed by atoms with Crippen LogP contribution in [0.25, 0.3) is 0 Å². The van der Waals surface area contributed by atoms with Crippen LogP contribution in [0.3, 0.4) is 0 Å². The Morgan fingerprint density at radius 1 is 1.39 bits per heavy atom. The molecule has 0 radical (unpaired) electrons. The van der Waals surface area contributed by atoms with Crippen LogP contribution >= 0.6 is 11.6 Å². The number of pyridine rings is 1. The molecule has 6 nitrogen and oxygen atoms in total. The highest BCUT2D eigenvalue weighted by atomic mass is 35.5. The summed E-state index contributed by atoms with van der Waals surface area (Å²) in [4.78, 5) is 16.0. The first-order valence-electron chi connectivity index (χ1n) is 7.46. The number of rotatable bonds is 5. The molecule has 2 heterocycles. The van der Waals surface area contributed by atoms with Crippen molar-refractivity contribution in [3.05, 3.63) is 23.5 Å². The molecule has 1 amide bonds. The third-order valence-electron chi connectivity index (χ3n) is 3.97. The molecule has 23 heavy (non-hydrogen) atoms. The van der Waals surface area contributed by atoms with Crippen molar-refractivity contribution >= 4 is 27.5 Å². The lowest BCUT2D eigenvalue weighted by Crippen LogP contribution is -2.41. The van der Waals surface area contributed by atoms with Crippen molar-refractivity contribution < 1.29 is 17.9 Å². The van der Waals surface area contributed by atoms with Gasteiger partial charge in [0.1, 0.15) is 4.90 Å². The number of carbonyl (C=O) groups is 1. The first-order valence-corrected chi connectivity index (χ1v) is 9.32. The Morgan fingerprint density at radius 3 is 2.65 bits per heavy atom. The Balaban J connectivity index is 2.07. The van der Waals surface area contributed by atoms with E-state index in [0.29, 0.717) is 25.6 Å². The number of hydrogen-bond acceptors (Lipinski definition) is 5. The second-order valence-corrected chi connectivity index (χ2v) is 8.54. The lowest BCUT2D eigenvalue weighted by molar-refractivity contribution is -0.128. The third-order valence-corrected chi connectivity index (χ3v) is 5.48. The van der Waals surface area contributed by atoms with Crippen LogP contribution in [0.4, 0.5) is 0 Å². The van der Waals surface area contributed by atoms with Gasteiger partial charge in [-0.15, -0.1) is 0 Å². The molecular formula is C15H21ClN2O4S. The Hall–Kier alpha value is -1.18. The fourth-order valence-electron chi connectivity index (χ4n) is 2.62. The molecule has 0 aliphatic carbocycles. The molecule has 0 bridgehead atoms. The van der Waals surface area contributed by atoms with Crippen LogP contribution in [-0.4, -0.2) is 32.5 Å². The van der Waals surface area contributed by atoms with Gasteiger partial charge in [0.25, 0.3) is 10.0 Å². The number of nitrogens with one attached hydrogen (secondary N) is 1. The summed E-state index contributed by atoms with van der Waals surface area (Å²) in [6.07, 6.45) is 4.89. The molecule has 1 aliphatic rings. The monoisotopic (exact) mass is 360 g/mol. The predicted octanol–water partition coefficient (Wildman–Crippen LogP) is 2.38. The molecular weight excluding hydrogens is 340 g/mol. The van der Waals surface area contributed by atoms with Crippen molar-refractivity contribution in [1.82, 2.24) is 9.71 Å². The van der Waals surface area contributed by atoms with Crippen molar-refractivity contribution in [2.75, 3.05) is 13.2 Å². The summed E-state index contributed by atoms with van der Waals surface area (Å²) >= 11 is 5.75. The summed E-state index contributed by atoms with van der Waals surface area (Å²) in [5.74, 6) is -0.163. The fourth-order valence-corrected chi connectivity index (χ4v) is 3.98. The van der Waals surface area contributed by atoms with Gasteiger partial charge in [-0.2, -0.15) is 0 Å². The molecule has 1 aromatic heterocycles. The minimum absolute atomic E-state index is 0.125. The molecule has 1 saturated heterocycles. The van der Waals surface area contributed by atoms with E-state index in [1.165, 1.54) is 12.3 Å². The standard InChI is InChI=1S/C15H21ClN2O4S/c1-15(2,8-11-3-5-22-6-4-11)14(19)18-23(20,21)13-7-12(16)9-17-10-13/h7,9-11H,3-6,8H2,1-2H3,(H,18,19). The van der Waals surface area contributed by atoms with Gasteiger partial charge >= 0.3 is 0 Å². The van der Waals surface area contributed by atoms with E-state index >= 15 is 0 Å². The molecule has 0 unspecified atom stereocenters. The van der Waals surface area contributed by atoms with E-state index in [1.807, 2.05) is 0 Å². The van der Waals surface area contributed by atoms with Gasteiger partial charge in [0.2, 0.25) is 5.91 Å². The van der Waals surface area contributed by atoms with E-state index in [4.69, 9.17) is 16.3 Å². The van der Waals surface area contributed by atoms with Crippen molar-refractivity contribution in [2.45, 2.75) is 38.0 Å². The molecule has 1 aliphatic heterocycles. The van der Waals surface area contributed by atoms with Gasteiger partial charge in [0, 0.05) is 31.0 Å². The summed E-state index contributed by atoms with van der Waals surface area (Å²) in [7, 11) is -3.98. The maximum absolute atomic E-state index is 12.4. The molecule has 0 saturated carbocycles. The molecule has 2 rings (SSSR count). The number of aromatic nitrogens is 1. The number of carbonyl (C=O) groups excluding carboxylic acids is 1. The molecule has 0 aromatic carbocycles. The maximum atomic E-state index is 12.4. The zero-order chi connectivity index (χ0) is 17.1. The smallest absolute Gasteiger partial charge is 0.265 e. The second kappa shape index (κ2) is 7.15. The first kappa shape index (κ1) is 18.2. The molecule has 1 aromatic rings. The summed E-state index contributed by atoms with van der Waals surface area (Å²) < 4.78 is 32.0. The minimum Gasteiger partial charge on any atom is -0.381 e. The zero-order valence-corrected chi connectivity index (χ0v) is 14.8. The van der Waals surface area contributed by atoms with Crippen molar-refractivity contribution in [2.24, 2.45) is 11.3 Å². The molecule has 1 fully saturated rings. The number of hydrogen-bond donors (Lipinski definition) is 1. The van der Waals surface area contributed by atoms with Gasteiger partial charge in [-0.05, 0) is 31.2 Å². The van der Waals surface area contributed by atoms with E-state index in [9.17, 15) is 13.2 Å². The summed E-state index contributed by atoms with van der Waals surface area (Å²) in [6.45, 7) is 4.89. The van der Waals surface area contributed by atoms with Gasteiger partial charge in [0.05, 0.1) is 5.02 Å². The normalized spacial score (nSPS) is 17.0. The fraction of sp³-hybridized carbons (Fsp3) is 0.600. The summed E-state index contributed by atoms with van der Waals surface area (Å²) in [6, 6.07) is 1.26. The number of sulfonamides is 1. The van der Waals surface area contributed by atoms with Crippen molar-refractivity contribution in [1.29, 1.82) is 0 Å². The SMILES string of the molecule is CC(C)(CC1CCOCC1)C(=O)NS(=O)(=O)c1cncc(Cl)c1. The second-order valence-electron chi connectivity index (χ2n) is 6.42. The van der Waals surface area contributed by atoms with Crippen LogP contribution in [-0.2, 0) is 19.6 Å². The predicted molar refractivity (Wildman–Crippen MR) is 86.5 cm³/mol. The van der Waals surface area contributed by atoms with Gasteiger partial charge in [0.15, 0.2) is 0 Å². The average Bonchev–Trinajstić information content (AvgIpc) is 2.47. The Bertz CT molecular complexity index is 670. The van der Waals surface area contributed by atoms with Crippen LogP contribution in [0.15, 0.2) is 23.4 Å². The quantitative estimate of drug-likeness (QED) is 0.871. The Labute approximate surface area is 141 Å². The Kier molecular flexibility index (Phi) is 5.65. The molecule has 0 atom stereocenters. The lowest BCUT2D eigenvalue weighted by atomic mass is 9.79. The van der Waals surface area contributed by atoms with Gasteiger partial charge in [-0.25, -0.2) is 13.1 Å². The Morgan fingerprint density at radius 2 is 2.04 bits per heavy atom. The number of nitrogens with zero attached hydrogens (tertiary/aromatic N) is 1. The number of halogens is 1. The van der Waals surface area contributed by atoms with Crippen LogP contribution in [0.2, 0.25) is 5.02 Å². The van der Waals surface area contributed by atoms with Gasteiger partial charge < -0.3 is 4.74 Å². The zero-order valence-electron chi connectivity index (χ0n) is 13.2. The maximum Gasteiger partial charge on any atom is 0.265 e. The lowest BCUT2D eigenvalue weighted by Gasteiger charge is -2.30. The minimum atomic E-state index is -3.98. The van der Waals surface area contributed by atoms with E-state index in [-0.39, 0.29) is 9.92 Å². The van der Waals surface area contributed by atoms with Crippen molar-refractivity contribution in [3.63, 3.8) is 0 Å². The van der Waals surface area contributed by atoms with E-state index in [1.54, 1.807) is 13.8 Å². The first-order chi connectivity index (χ1) is 10.7. The van der Waals surface area contributed by atoms with Crippen molar-refractivity contribution in [3.8, 4) is 0 Å². The number of ether oxygens (including phenoxy) is 1. The van der Waals surface area contributed by atoms with E-state index in [0.717, 1.165) is 19.0 Å². The van der Waals surface area contributed by atoms with Crippen LogP contribution in [0.1, 0.15) is 33.1 Å². The summed E-state index contributed by atoms with van der Waals surface area (Å²) in [5.41, 5.74) is -0.791. The average molecular weight is 361 g/mol. The highest BCUT2D eigenvalue weighted by Gasteiger charge is 2.34. The van der Waals surface area contributed by atoms with E-state index < -0.39 is 21.3 Å². The summed E-state index contributed by atoms with van der Waals surface area (Å²) in [5, 5.41) is 0.196. The van der Waals surface area contributed by atoms with Crippen LogP contribution < -0.4 is 4.72 Å². The highest BCUT2D eigenvalue weighted by Crippen LogP contribution is 2.31. The van der Waals surface area contributed by atoms with Crippen LogP contribution in [0.5, 0.6) is 0 Å². The molecule has 128 valence electrons. The molecule has 1 N–H and O–H groups in total. The van der Waals surface area contributed by atoms with Crippen LogP contribution in [0, 0.1) is 11.3 Å². The topological polar surface area (TPSA) is 85.4 Å². The van der Waals surface area contributed by atoms with E-state index in [2.05, 4.69) is 9.71 Å². The highest BCUT2D eigenvalue weighted by molar-refractivity contribution is 7.90. The molecule has 8 heteroatoms. The van der Waals surface area contributed by atoms with Gasteiger partial charge in [-0.1, -0.05) is 25.4 Å².